The highest BCUT2D eigenvalue weighted by atomic mass is 28.3. The molecule has 1 nitrogen and oxygen atoms in total. The summed E-state index contributed by atoms with van der Waals surface area (Å²) in [5.74, 6) is 0. The molecule has 208 valence electrons. The summed E-state index contributed by atoms with van der Waals surface area (Å²) >= 11 is 0. The van der Waals surface area contributed by atoms with Crippen LogP contribution in [0.2, 0.25) is 13.1 Å². The first kappa shape index (κ1) is 26.5. The van der Waals surface area contributed by atoms with Gasteiger partial charge in [-0.05, 0) is 67.8 Å². The summed E-state index contributed by atoms with van der Waals surface area (Å²) < 4.78 is 2.72. The molecule has 41 heavy (non-hydrogen) atoms. The minimum Gasteiger partial charge on any atom is -0.346 e. The molecular weight excluding hydrogens is 511 g/mol. The second-order valence-electron chi connectivity index (χ2n) is 15.2. The van der Waals surface area contributed by atoms with Crippen molar-refractivity contribution in [1.29, 1.82) is 0 Å². The molecule has 7 rings (SSSR count). The Hall–Kier alpha value is -3.36. The second kappa shape index (κ2) is 8.82. The van der Waals surface area contributed by atoms with Crippen LogP contribution in [0.15, 0.2) is 78.9 Å². The number of nitrogens with zero attached hydrogens (tertiary/aromatic N) is 1. The van der Waals surface area contributed by atoms with Crippen LogP contribution in [0.5, 0.6) is 0 Å². The lowest BCUT2D eigenvalue weighted by Gasteiger charge is -2.34. The SMILES string of the molecule is CC(C)(C)c1ccc2c(c1)Cc1c-2ccc(C(C)(C)C)c1[Si](C)(C)Cn1c2c(c3ccccc31)-c1ccccc1C2. The first-order valence-electron chi connectivity index (χ1n) is 15.3. The van der Waals surface area contributed by atoms with E-state index in [2.05, 4.69) is 138 Å². The van der Waals surface area contributed by atoms with Gasteiger partial charge in [-0.1, -0.05) is 133 Å². The zero-order chi connectivity index (χ0) is 28.9. The molecule has 0 spiro atoms. The minimum absolute atomic E-state index is 0.0942. The molecule has 0 bridgehead atoms. The van der Waals surface area contributed by atoms with Crippen molar-refractivity contribution >= 4 is 24.2 Å². The number of benzene rings is 4. The van der Waals surface area contributed by atoms with E-state index in [9.17, 15) is 0 Å². The van der Waals surface area contributed by atoms with Crippen LogP contribution in [0.1, 0.15) is 75.1 Å². The van der Waals surface area contributed by atoms with E-state index in [1.165, 1.54) is 55.5 Å². The van der Waals surface area contributed by atoms with Gasteiger partial charge in [-0.15, -0.1) is 0 Å². The predicted octanol–water partition coefficient (Wildman–Crippen LogP) is 9.53. The molecule has 0 saturated carbocycles. The van der Waals surface area contributed by atoms with E-state index >= 15 is 0 Å². The summed E-state index contributed by atoms with van der Waals surface area (Å²) in [6, 6.07) is 30.3. The van der Waals surface area contributed by atoms with Crippen LogP contribution in [0.25, 0.3) is 33.2 Å². The van der Waals surface area contributed by atoms with Crippen molar-refractivity contribution in [2.75, 3.05) is 0 Å². The van der Waals surface area contributed by atoms with Crippen molar-refractivity contribution in [3.63, 3.8) is 0 Å². The van der Waals surface area contributed by atoms with E-state index in [4.69, 9.17) is 0 Å². The zero-order valence-electron chi connectivity index (χ0n) is 26.1. The standard InChI is InChI=1S/C39H43NSi/c1-38(2,3)27-17-18-28-26(21-27)22-32-30(28)19-20-33(39(4,5)6)37(32)41(7,8)24-40-34-16-12-11-15-31(34)36-29-14-10-9-13-25(29)23-35(36)40/h9-21H,22-24H2,1-8H3. The molecular formula is C39H43NSi. The average Bonchev–Trinajstić information content (AvgIpc) is 3.56. The Labute approximate surface area is 247 Å². The summed E-state index contributed by atoms with van der Waals surface area (Å²) in [5, 5.41) is 3.10. The normalized spacial score (nSPS) is 14.2. The van der Waals surface area contributed by atoms with Gasteiger partial charge in [0.1, 0.15) is 8.07 Å². The van der Waals surface area contributed by atoms with Crippen LogP contribution in [0.4, 0.5) is 0 Å². The van der Waals surface area contributed by atoms with E-state index in [1.54, 1.807) is 16.3 Å². The summed E-state index contributed by atoms with van der Waals surface area (Å²) in [6.45, 7) is 19.5. The van der Waals surface area contributed by atoms with E-state index in [0.717, 1.165) is 19.0 Å². The van der Waals surface area contributed by atoms with Gasteiger partial charge in [0.2, 0.25) is 0 Å². The van der Waals surface area contributed by atoms with Crippen molar-refractivity contribution in [3.05, 3.63) is 112 Å². The number of hydrogen-bond donors (Lipinski definition) is 0. The second-order valence-corrected chi connectivity index (χ2v) is 19.8. The van der Waals surface area contributed by atoms with Gasteiger partial charge in [0.25, 0.3) is 0 Å². The quantitative estimate of drug-likeness (QED) is 0.192. The number of fused-ring (bicyclic) bond motifs is 8. The molecule has 1 heterocycles. The maximum atomic E-state index is 2.72. The third-order valence-electron chi connectivity index (χ3n) is 9.70. The molecule has 0 aliphatic heterocycles. The van der Waals surface area contributed by atoms with E-state index in [0.29, 0.717) is 0 Å². The van der Waals surface area contributed by atoms with Crippen LogP contribution in [-0.2, 0) is 29.8 Å². The molecule has 5 aromatic rings. The fourth-order valence-electron chi connectivity index (χ4n) is 7.74. The van der Waals surface area contributed by atoms with Gasteiger partial charge in [-0.2, -0.15) is 0 Å². The van der Waals surface area contributed by atoms with Crippen molar-refractivity contribution in [2.24, 2.45) is 0 Å². The Balaban J connectivity index is 1.40. The van der Waals surface area contributed by atoms with Crippen LogP contribution >= 0.6 is 0 Å². The summed E-state index contributed by atoms with van der Waals surface area (Å²) in [4.78, 5) is 0. The highest BCUT2D eigenvalue weighted by molar-refractivity contribution is 6.89. The third-order valence-corrected chi connectivity index (χ3v) is 12.7. The lowest BCUT2D eigenvalue weighted by Crippen LogP contribution is -2.51. The van der Waals surface area contributed by atoms with Gasteiger partial charge in [0, 0.05) is 34.7 Å². The van der Waals surface area contributed by atoms with Crippen LogP contribution in [0.3, 0.4) is 0 Å². The Morgan fingerprint density at radius 2 is 1.39 bits per heavy atom. The van der Waals surface area contributed by atoms with Gasteiger partial charge in [0.15, 0.2) is 0 Å². The van der Waals surface area contributed by atoms with Gasteiger partial charge < -0.3 is 4.57 Å². The highest BCUT2D eigenvalue weighted by Crippen LogP contribution is 2.45. The van der Waals surface area contributed by atoms with Crippen molar-refractivity contribution in [1.82, 2.24) is 4.57 Å². The van der Waals surface area contributed by atoms with E-state index in [-0.39, 0.29) is 10.8 Å². The lowest BCUT2D eigenvalue weighted by molar-refractivity contribution is 0.589. The molecule has 0 fully saturated rings. The van der Waals surface area contributed by atoms with Crippen LogP contribution in [-0.4, -0.2) is 12.6 Å². The molecule has 0 atom stereocenters. The maximum absolute atomic E-state index is 2.72. The topological polar surface area (TPSA) is 4.93 Å². The average molecular weight is 554 g/mol. The van der Waals surface area contributed by atoms with Crippen molar-refractivity contribution < 1.29 is 0 Å². The highest BCUT2D eigenvalue weighted by Gasteiger charge is 2.38. The first-order chi connectivity index (χ1) is 19.3. The third kappa shape index (κ3) is 4.09. The number of hydrogen-bond acceptors (Lipinski definition) is 0. The summed E-state index contributed by atoms with van der Waals surface area (Å²) in [7, 11) is -1.99. The van der Waals surface area contributed by atoms with E-state index in [1.807, 2.05) is 0 Å². The van der Waals surface area contributed by atoms with Crippen LogP contribution in [0, 0.1) is 0 Å². The number of para-hydroxylation sites is 1. The maximum Gasteiger partial charge on any atom is 0.103 e. The lowest BCUT2D eigenvalue weighted by atomic mass is 9.85. The fourth-order valence-corrected chi connectivity index (χ4v) is 11.3. The van der Waals surface area contributed by atoms with Crippen molar-refractivity contribution in [3.8, 4) is 22.3 Å². The Kier molecular flexibility index (Phi) is 5.71. The molecule has 0 radical (unpaired) electrons. The van der Waals surface area contributed by atoms with Gasteiger partial charge in [-0.3, -0.25) is 0 Å². The molecule has 0 saturated heterocycles. The molecule has 4 aromatic carbocycles. The van der Waals surface area contributed by atoms with Gasteiger partial charge >= 0.3 is 0 Å². The molecule has 0 unspecified atom stereocenters. The predicted molar refractivity (Wildman–Crippen MR) is 179 cm³/mol. The zero-order valence-corrected chi connectivity index (χ0v) is 27.1. The van der Waals surface area contributed by atoms with Crippen LogP contribution < -0.4 is 5.19 Å². The molecule has 2 aliphatic rings. The van der Waals surface area contributed by atoms with Gasteiger partial charge in [-0.25, -0.2) is 0 Å². The monoisotopic (exact) mass is 553 g/mol. The number of aromatic nitrogens is 1. The number of rotatable bonds is 3. The van der Waals surface area contributed by atoms with E-state index < -0.39 is 8.07 Å². The smallest absolute Gasteiger partial charge is 0.103 e. The molecule has 2 heteroatoms. The minimum atomic E-state index is -1.99. The molecule has 0 amide bonds. The van der Waals surface area contributed by atoms with Crippen molar-refractivity contribution in [2.45, 2.75) is 84.5 Å². The largest absolute Gasteiger partial charge is 0.346 e. The first-order valence-corrected chi connectivity index (χ1v) is 18.5. The Morgan fingerprint density at radius 3 is 2.15 bits per heavy atom. The Morgan fingerprint density at radius 1 is 0.683 bits per heavy atom. The van der Waals surface area contributed by atoms with Gasteiger partial charge in [0.05, 0.1) is 0 Å². The molecule has 1 aromatic heterocycles. The fraction of sp³-hybridized carbons (Fsp3) is 0.333. The summed E-state index contributed by atoms with van der Waals surface area (Å²) in [5.41, 5.74) is 16.5. The molecule has 0 N–H and O–H groups in total. The molecule has 2 aliphatic carbocycles. The Bertz CT molecular complexity index is 1850. The summed E-state index contributed by atoms with van der Waals surface area (Å²) in [6.07, 6.45) is 3.19.